The Morgan fingerprint density at radius 1 is 1.28 bits per heavy atom. The maximum Gasteiger partial charge on any atom is 0.450 e. The van der Waals surface area contributed by atoms with Gasteiger partial charge in [-0.15, -0.1) is 0 Å². The number of hydrogen-bond acceptors (Lipinski definition) is 4. The number of benzene rings is 1. The molecular formula is C10H6F3NO4. The van der Waals surface area contributed by atoms with E-state index in [1.807, 2.05) is 0 Å². The number of carbonyl (C=O) groups is 2. The van der Waals surface area contributed by atoms with E-state index in [1.54, 1.807) is 0 Å². The average Bonchev–Trinajstić information content (AvgIpc) is 2.27. The fourth-order valence-electron chi connectivity index (χ4n) is 1.14. The molecule has 96 valence electrons. The van der Waals surface area contributed by atoms with Crippen LogP contribution in [0.25, 0.3) is 0 Å². The van der Waals surface area contributed by atoms with Crippen LogP contribution in [-0.4, -0.2) is 22.7 Å². The molecule has 0 N–H and O–H groups in total. The second-order valence-corrected chi connectivity index (χ2v) is 3.33. The summed E-state index contributed by atoms with van der Waals surface area (Å²) in [5, 5.41) is 10.4. The van der Waals surface area contributed by atoms with E-state index in [9.17, 15) is 32.9 Å². The molecule has 5 nitrogen and oxygen atoms in total. The van der Waals surface area contributed by atoms with Crippen molar-refractivity contribution in [1.29, 1.82) is 0 Å². The van der Waals surface area contributed by atoms with Crippen LogP contribution < -0.4 is 0 Å². The Kier molecular flexibility index (Phi) is 3.79. The largest absolute Gasteiger partial charge is 0.450 e. The predicted molar refractivity (Wildman–Crippen MR) is 53.1 cm³/mol. The smallest absolute Gasteiger partial charge is 0.294 e. The molecule has 1 aromatic rings. The van der Waals surface area contributed by atoms with Crippen LogP contribution in [0, 0.1) is 10.1 Å². The van der Waals surface area contributed by atoms with Crippen LogP contribution in [0.2, 0.25) is 0 Å². The first kappa shape index (κ1) is 13.8. The van der Waals surface area contributed by atoms with Crippen molar-refractivity contribution >= 4 is 17.3 Å². The Hall–Kier alpha value is -2.25. The Morgan fingerprint density at radius 2 is 1.89 bits per heavy atom. The molecule has 0 saturated heterocycles. The Morgan fingerprint density at radius 3 is 2.39 bits per heavy atom. The number of carbonyl (C=O) groups excluding carboxylic acids is 2. The summed E-state index contributed by atoms with van der Waals surface area (Å²) in [7, 11) is 0. The van der Waals surface area contributed by atoms with Gasteiger partial charge in [-0.1, -0.05) is 12.1 Å². The molecule has 0 radical (unpaired) electrons. The lowest BCUT2D eigenvalue weighted by Gasteiger charge is -2.04. The number of nitrogens with zero attached hydrogens (tertiary/aromatic N) is 1. The van der Waals surface area contributed by atoms with Crippen LogP contribution in [0.1, 0.15) is 16.8 Å². The predicted octanol–water partition coefficient (Wildman–Crippen LogP) is 2.30. The van der Waals surface area contributed by atoms with Gasteiger partial charge in [0.2, 0.25) is 5.78 Å². The summed E-state index contributed by atoms with van der Waals surface area (Å²) in [6.07, 6.45) is -6.44. The molecule has 0 spiro atoms. The lowest BCUT2D eigenvalue weighted by Crippen LogP contribution is -2.25. The van der Waals surface area contributed by atoms with E-state index in [1.165, 1.54) is 0 Å². The van der Waals surface area contributed by atoms with Crippen molar-refractivity contribution in [1.82, 2.24) is 0 Å². The molecule has 1 rings (SSSR count). The number of Topliss-reactive ketones (excluding diaryl/α,β-unsaturated/α-hetero) is 2. The topological polar surface area (TPSA) is 77.3 Å². The molecule has 1 aromatic carbocycles. The van der Waals surface area contributed by atoms with E-state index >= 15 is 0 Å². The van der Waals surface area contributed by atoms with Crippen molar-refractivity contribution in [2.75, 3.05) is 0 Å². The van der Waals surface area contributed by atoms with Crippen LogP contribution in [-0.2, 0) is 4.79 Å². The van der Waals surface area contributed by atoms with Gasteiger partial charge in [0.05, 0.1) is 11.3 Å². The quantitative estimate of drug-likeness (QED) is 0.360. The fourth-order valence-corrected chi connectivity index (χ4v) is 1.14. The molecule has 0 amide bonds. The van der Waals surface area contributed by atoms with Gasteiger partial charge < -0.3 is 0 Å². The third-order valence-electron chi connectivity index (χ3n) is 2.02. The first-order valence-electron chi connectivity index (χ1n) is 4.59. The maximum absolute atomic E-state index is 11.9. The summed E-state index contributed by atoms with van der Waals surface area (Å²) in [6.45, 7) is 0. The first-order valence-corrected chi connectivity index (χ1v) is 4.59. The highest BCUT2D eigenvalue weighted by Gasteiger charge is 2.39. The average molecular weight is 261 g/mol. The van der Waals surface area contributed by atoms with E-state index < -0.39 is 34.8 Å². The molecule has 0 aliphatic rings. The van der Waals surface area contributed by atoms with Crippen LogP contribution in [0.5, 0.6) is 0 Å². The standard InChI is InChI=1S/C10H6F3NO4/c11-10(12,13)9(16)5-8(15)6-2-1-3-7(4-6)14(17)18/h1-4H,5H2. The number of rotatable bonds is 4. The van der Waals surface area contributed by atoms with Gasteiger partial charge in [-0.25, -0.2) is 0 Å². The van der Waals surface area contributed by atoms with Crippen molar-refractivity contribution < 1.29 is 27.7 Å². The summed E-state index contributed by atoms with van der Waals surface area (Å²) in [4.78, 5) is 31.5. The minimum absolute atomic E-state index is 0.304. The highest BCUT2D eigenvalue weighted by molar-refractivity contribution is 6.09. The van der Waals surface area contributed by atoms with Gasteiger partial charge in [-0.05, 0) is 0 Å². The number of hydrogen-bond donors (Lipinski definition) is 0. The van der Waals surface area contributed by atoms with Gasteiger partial charge in [0.1, 0.15) is 0 Å². The number of alkyl halides is 3. The SMILES string of the molecule is O=C(CC(=O)C(F)(F)F)c1cccc([N+](=O)[O-])c1. The molecule has 8 heteroatoms. The number of halogens is 3. The molecule has 0 saturated carbocycles. The zero-order valence-corrected chi connectivity index (χ0v) is 8.73. The summed E-state index contributed by atoms with van der Waals surface area (Å²) in [5.74, 6) is -3.29. The Labute approximate surface area is 98.4 Å². The van der Waals surface area contributed by atoms with Crippen LogP contribution >= 0.6 is 0 Å². The minimum atomic E-state index is -5.09. The van der Waals surface area contributed by atoms with Crippen molar-refractivity contribution in [3.8, 4) is 0 Å². The van der Waals surface area contributed by atoms with E-state index in [0.29, 0.717) is 0 Å². The third kappa shape index (κ3) is 3.37. The van der Waals surface area contributed by atoms with Crippen molar-refractivity contribution in [2.24, 2.45) is 0 Å². The second-order valence-electron chi connectivity index (χ2n) is 3.33. The Balaban J connectivity index is 2.89. The zero-order chi connectivity index (χ0) is 13.9. The van der Waals surface area contributed by atoms with Gasteiger partial charge in [-0.2, -0.15) is 13.2 Å². The van der Waals surface area contributed by atoms with Gasteiger partial charge >= 0.3 is 6.18 Å². The van der Waals surface area contributed by atoms with Gasteiger partial charge in [0.15, 0.2) is 5.78 Å². The van der Waals surface area contributed by atoms with E-state index in [-0.39, 0.29) is 5.56 Å². The summed E-state index contributed by atoms with van der Waals surface area (Å²) < 4.78 is 35.8. The molecule has 0 aromatic heterocycles. The van der Waals surface area contributed by atoms with Gasteiger partial charge in [-0.3, -0.25) is 19.7 Å². The summed E-state index contributed by atoms with van der Waals surface area (Å²) in [6, 6.07) is 4.18. The van der Waals surface area contributed by atoms with E-state index in [0.717, 1.165) is 24.3 Å². The number of non-ortho nitro benzene ring substituents is 1. The molecule has 0 aliphatic heterocycles. The van der Waals surface area contributed by atoms with Crippen molar-refractivity contribution in [3.05, 3.63) is 39.9 Å². The second kappa shape index (κ2) is 4.94. The third-order valence-corrected chi connectivity index (χ3v) is 2.02. The van der Waals surface area contributed by atoms with Crippen LogP contribution in [0.15, 0.2) is 24.3 Å². The molecular weight excluding hydrogens is 255 g/mol. The number of ketones is 2. The lowest BCUT2D eigenvalue weighted by atomic mass is 10.1. The van der Waals surface area contributed by atoms with Crippen molar-refractivity contribution in [3.63, 3.8) is 0 Å². The number of nitro groups is 1. The van der Waals surface area contributed by atoms with Gasteiger partial charge in [0.25, 0.3) is 5.69 Å². The fraction of sp³-hybridized carbons (Fsp3) is 0.200. The normalized spacial score (nSPS) is 11.1. The number of nitro benzene ring substituents is 1. The molecule has 0 bridgehead atoms. The molecule has 18 heavy (non-hydrogen) atoms. The molecule has 0 fully saturated rings. The van der Waals surface area contributed by atoms with E-state index in [2.05, 4.69) is 0 Å². The molecule has 0 heterocycles. The maximum atomic E-state index is 11.9. The molecule has 0 atom stereocenters. The highest BCUT2D eigenvalue weighted by Crippen LogP contribution is 2.20. The van der Waals surface area contributed by atoms with Crippen LogP contribution in [0.3, 0.4) is 0 Å². The zero-order valence-electron chi connectivity index (χ0n) is 8.73. The summed E-state index contributed by atoms with van der Waals surface area (Å²) in [5.41, 5.74) is -0.734. The first-order chi connectivity index (χ1) is 8.21. The Bertz CT molecular complexity index is 510. The van der Waals surface area contributed by atoms with Gasteiger partial charge in [0, 0.05) is 17.7 Å². The van der Waals surface area contributed by atoms with E-state index in [4.69, 9.17) is 0 Å². The lowest BCUT2D eigenvalue weighted by molar-refractivity contribution is -0.384. The highest BCUT2D eigenvalue weighted by atomic mass is 19.4. The molecule has 0 unspecified atom stereocenters. The minimum Gasteiger partial charge on any atom is -0.294 e. The summed E-state index contributed by atoms with van der Waals surface area (Å²) >= 11 is 0. The molecule has 0 aliphatic carbocycles. The van der Waals surface area contributed by atoms with Crippen molar-refractivity contribution in [2.45, 2.75) is 12.6 Å². The van der Waals surface area contributed by atoms with Crippen LogP contribution in [0.4, 0.5) is 18.9 Å². The monoisotopic (exact) mass is 261 g/mol.